The molecule has 1 unspecified atom stereocenters. The summed E-state index contributed by atoms with van der Waals surface area (Å²) in [5.74, 6) is 0.811. The van der Waals surface area contributed by atoms with E-state index in [4.69, 9.17) is 15.2 Å². The summed E-state index contributed by atoms with van der Waals surface area (Å²) < 4.78 is 10.6. The number of nitrogens with zero attached hydrogens (tertiary/aromatic N) is 1. The van der Waals surface area contributed by atoms with Crippen molar-refractivity contribution in [1.29, 1.82) is 0 Å². The minimum atomic E-state index is -0.466. The number of para-hydroxylation sites is 2. The lowest BCUT2D eigenvalue weighted by atomic mass is 10.2. The SMILES string of the molecule is CCOc1ccccc1N1C=COC1N. The first-order valence-electron chi connectivity index (χ1n) is 4.91. The Morgan fingerprint density at radius 3 is 2.93 bits per heavy atom. The molecule has 0 spiro atoms. The maximum atomic E-state index is 5.76. The van der Waals surface area contributed by atoms with Gasteiger partial charge in [-0.25, -0.2) is 0 Å². The molecule has 0 fully saturated rings. The molecule has 0 amide bonds. The molecular formula is C11H14N2O2. The number of hydrogen-bond acceptors (Lipinski definition) is 4. The Bertz CT molecular complexity index is 365. The largest absolute Gasteiger partial charge is 0.492 e. The first-order chi connectivity index (χ1) is 7.33. The van der Waals surface area contributed by atoms with Crippen molar-refractivity contribution in [2.75, 3.05) is 11.5 Å². The first-order valence-corrected chi connectivity index (χ1v) is 4.91. The molecule has 1 aromatic rings. The van der Waals surface area contributed by atoms with E-state index in [1.165, 1.54) is 0 Å². The molecule has 2 N–H and O–H groups in total. The molecule has 4 heteroatoms. The van der Waals surface area contributed by atoms with E-state index in [1.54, 1.807) is 12.5 Å². The Labute approximate surface area is 88.9 Å². The van der Waals surface area contributed by atoms with Crippen LogP contribution in [0.25, 0.3) is 0 Å². The zero-order valence-corrected chi connectivity index (χ0v) is 8.59. The highest BCUT2D eigenvalue weighted by Gasteiger charge is 2.20. The maximum Gasteiger partial charge on any atom is 0.230 e. The van der Waals surface area contributed by atoms with Gasteiger partial charge in [-0.2, -0.15) is 0 Å². The second-order valence-electron chi connectivity index (χ2n) is 3.12. The summed E-state index contributed by atoms with van der Waals surface area (Å²) in [6.07, 6.45) is 2.90. The Hall–Kier alpha value is -1.68. The maximum absolute atomic E-state index is 5.76. The van der Waals surface area contributed by atoms with Crippen LogP contribution in [0.5, 0.6) is 5.75 Å². The third-order valence-corrected chi connectivity index (χ3v) is 2.16. The summed E-state index contributed by atoms with van der Waals surface area (Å²) in [6, 6.07) is 7.74. The molecule has 80 valence electrons. The topological polar surface area (TPSA) is 47.7 Å². The number of nitrogens with two attached hydrogens (primary N) is 1. The van der Waals surface area contributed by atoms with Crippen molar-refractivity contribution in [1.82, 2.24) is 0 Å². The van der Waals surface area contributed by atoms with Gasteiger partial charge >= 0.3 is 0 Å². The van der Waals surface area contributed by atoms with E-state index in [9.17, 15) is 0 Å². The van der Waals surface area contributed by atoms with E-state index in [0.29, 0.717) is 6.61 Å². The molecule has 1 aliphatic heterocycles. The van der Waals surface area contributed by atoms with Crippen LogP contribution in [0.1, 0.15) is 6.92 Å². The molecule has 0 aromatic heterocycles. The fraction of sp³-hybridized carbons (Fsp3) is 0.273. The summed E-state index contributed by atoms with van der Waals surface area (Å²) in [7, 11) is 0. The van der Waals surface area contributed by atoms with Crippen molar-refractivity contribution in [3.63, 3.8) is 0 Å². The number of ether oxygens (including phenoxy) is 2. The van der Waals surface area contributed by atoms with Gasteiger partial charge in [0, 0.05) is 6.20 Å². The summed E-state index contributed by atoms with van der Waals surface area (Å²) in [6.45, 7) is 2.58. The van der Waals surface area contributed by atoms with Crippen LogP contribution in [0.4, 0.5) is 5.69 Å². The van der Waals surface area contributed by atoms with Crippen LogP contribution in [0, 0.1) is 0 Å². The van der Waals surface area contributed by atoms with E-state index in [-0.39, 0.29) is 0 Å². The van der Waals surface area contributed by atoms with Crippen LogP contribution in [-0.4, -0.2) is 13.0 Å². The van der Waals surface area contributed by atoms with Gasteiger partial charge in [-0.1, -0.05) is 12.1 Å². The second kappa shape index (κ2) is 4.23. The fourth-order valence-corrected chi connectivity index (χ4v) is 1.50. The van der Waals surface area contributed by atoms with E-state index in [0.717, 1.165) is 11.4 Å². The molecule has 1 aliphatic rings. The van der Waals surface area contributed by atoms with Crippen molar-refractivity contribution in [3.8, 4) is 5.75 Å². The fourth-order valence-electron chi connectivity index (χ4n) is 1.50. The molecule has 0 radical (unpaired) electrons. The van der Waals surface area contributed by atoms with Crippen LogP contribution >= 0.6 is 0 Å². The van der Waals surface area contributed by atoms with Gasteiger partial charge in [0.1, 0.15) is 12.0 Å². The van der Waals surface area contributed by atoms with Crippen LogP contribution in [0.15, 0.2) is 36.7 Å². The Morgan fingerprint density at radius 1 is 1.47 bits per heavy atom. The van der Waals surface area contributed by atoms with Gasteiger partial charge in [0.2, 0.25) is 6.35 Å². The normalized spacial score (nSPS) is 19.1. The molecule has 0 saturated carbocycles. The predicted molar refractivity (Wildman–Crippen MR) is 58.3 cm³/mol. The van der Waals surface area contributed by atoms with Crippen LogP contribution in [-0.2, 0) is 4.74 Å². The summed E-state index contributed by atoms with van der Waals surface area (Å²) in [5.41, 5.74) is 6.68. The number of anilines is 1. The lowest BCUT2D eigenvalue weighted by Crippen LogP contribution is -2.36. The second-order valence-corrected chi connectivity index (χ2v) is 3.12. The monoisotopic (exact) mass is 206 g/mol. The lowest BCUT2D eigenvalue weighted by molar-refractivity contribution is 0.178. The quantitative estimate of drug-likeness (QED) is 0.816. The van der Waals surface area contributed by atoms with Gasteiger partial charge in [0.15, 0.2) is 0 Å². The van der Waals surface area contributed by atoms with Gasteiger partial charge in [-0.15, -0.1) is 0 Å². The third-order valence-electron chi connectivity index (χ3n) is 2.16. The lowest BCUT2D eigenvalue weighted by Gasteiger charge is -2.22. The minimum Gasteiger partial charge on any atom is -0.492 e. The van der Waals surface area contributed by atoms with Crippen LogP contribution in [0.2, 0.25) is 0 Å². The van der Waals surface area contributed by atoms with Crippen molar-refractivity contribution < 1.29 is 9.47 Å². The number of rotatable bonds is 3. The van der Waals surface area contributed by atoms with Crippen molar-refractivity contribution in [2.24, 2.45) is 5.73 Å². The van der Waals surface area contributed by atoms with Gasteiger partial charge in [-0.3, -0.25) is 10.6 Å². The van der Waals surface area contributed by atoms with Crippen molar-refractivity contribution >= 4 is 5.69 Å². The Kier molecular flexibility index (Phi) is 2.78. The van der Waals surface area contributed by atoms with Gasteiger partial charge in [-0.05, 0) is 19.1 Å². The summed E-state index contributed by atoms with van der Waals surface area (Å²) in [4.78, 5) is 1.82. The molecule has 0 bridgehead atoms. The minimum absolute atomic E-state index is 0.466. The summed E-state index contributed by atoms with van der Waals surface area (Å²) in [5, 5.41) is 0. The van der Waals surface area contributed by atoms with E-state index in [2.05, 4.69) is 0 Å². The highest BCUT2D eigenvalue weighted by molar-refractivity contribution is 5.61. The molecule has 1 aromatic carbocycles. The van der Waals surface area contributed by atoms with Crippen molar-refractivity contribution in [2.45, 2.75) is 13.3 Å². The van der Waals surface area contributed by atoms with Crippen LogP contribution < -0.4 is 15.4 Å². The van der Waals surface area contributed by atoms with Gasteiger partial charge in [0.05, 0.1) is 12.3 Å². The standard InChI is InChI=1S/C11H14N2O2/c1-2-14-10-6-4-3-5-9(10)13-7-8-15-11(13)12/h3-8,11H,2,12H2,1H3. The molecule has 0 aliphatic carbocycles. The smallest absolute Gasteiger partial charge is 0.230 e. The zero-order valence-electron chi connectivity index (χ0n) is 8.59. The van der Waals surface area contributed by atoms with E-state index in [1.807, 2.05) is 36.1 Å². The highest BCUT2D eigenvalue weighted by Crippen LogP contribution is 2.30. The Balaban J connectivity index is 2.30. The molecule has 0 saturated heterocycles. The first kappa shape index (κ1) is 9.86. The average Bonchev–Trinajstić information content (AvgIpc) is 2.66. The van der Waals surface area contributed by atoms with E-state index < -0.39 is 6.35 Å². The Morgan fingerprint density at radius 2 is 2.27 bits per heavy atom. The summed E-state index contributed by atoms with van der Waals surface area (Å²) >= 11 is 0. The molecule has 15 heavy (non-hydrogen) atoms. The van der Waals surface area contributed by atoms with Gasteiger partial charge < -0.3 is 9.47 Å². The molecule has 1 atom stereocenters. The number of benzene rings is 1. The van der Waals surface area contributed by atoms with Crippen LogP contribution in [0.3, 0.4) is 0 Å². The third kappa shape index (κ3) is 1.89. The predicted octanol–water partition coefficient (Wildman–Crippen LogP) is 1.64. The average molecular weight is 206 g/mol. The molecule has 4 nitrogen and oxygen atoms in total. The number of hydrogen-bond donors (Lipinski definition) is 1. The highest BCUT2D eigenvalue weighted by atomic mass is 16.5. The van der Waals surface area contributed by atoms with Crippen molar-refractivity contribution in [3.05, 3.63) is 36.7 Å². The molecular weight excluding hydrogens is 192 g/mol. The molecule has 1 heterocycles. The molecule has 2 rings (SSSR count). The zero-order chi connectivity index (χ0) is 10.7. The van der Waals surface area contributed by atoms with E-state index >= 15 is 0 Å². The van der Waals surface area contributed by atoms with Gasteiger partial charge in [0.25, 0.3) is 0 Å².